The van der Waals surface area contributed by atoms with E-state index in [1.54, 1.807) is 17.8 Å². The molecule has 2 aromatic carbocycles. The fourth-order valence-corrected chi connectivity index (χ4v) is 3.49. The van der Waals surface area contributed by atoms with Crippen LogP contribution in [0.1, 0.15) is 33.5 Å². The zero-order valence-corrected chi connectivity index (χ0v) is 15.4. The average molecular weight is 350 g/mol. The number of aliphatic imine (C=N–C) groups is 1. The summed E-state index contributed by atoms with van der Waals surface area (Å²) in [6, 6.07) is 13.8. The minimum atomic E-state index is 0.0101. The Kier molecular flexibility index (Phi) is 5.71. The quantitative estimate of drug-likeness (QED) is 0.616. The molecule has 2 aromatic rings. The van der Waals surface area contributed by atoms with Gasteiger partial charge >= 0.3 is 0 Å². The number of ketones is 1. The van der Waals surface area contributed by atoms with E-state index in [1.807, 2.05) is 36.4 Å². The fraction of sp³-hybridized carbons (Fsp3) is 0.238. The number of benzene rings is 2. The lowest BCUT2D eigenvalue weighted by Gasteiger charge is -2.13. The number of amidine groups is 1. The Labute approximate surface area is 153 Å². The number of aryl methyl sites for hydroxylation is 2. The average Bonchev–Trinajstić information content (AvgIpc) is 2.62. The van der Waals surface area contributed by atoms with Gasteiger partial charge in [-0.05, 0) is 61.7 Å². The Bertz CT molecular complexity index is 822. The molecule has 0 aromatic heterocycles. The van der Waals surface area contributed by atoms with Gasteiger partial charge in [0.05, 0.1) is 0 Å². The van der Waals surface area contributed by atoms with E-state index in [0.717, 1.165) is 35.1 Å². The Morgan fingerprint density at radius 1 is 1.16 bits per heavy atom. The Hall–Kier alpha value is -2.33. The molecule has 0 bridgehead atoms. The lowest BCUT2D eigenvalue weighted by molar-refractivity contribution is 0.104. The van der Waals surface area contributed by atoms with Crippen molar-refractivity contribution in [2.24, 2.45) is 4.99 Å². The van der Waals surface area contributed by atoms with Crippen LogP contribution in [-0.2, 0) is 0 Å². The number of thioether (sulfide) groups is 1. The van der Waals surface area contributed by atoms with E-state index in [2.05, 4.69) is 36.3 Å². The van der Waals surface area contributed by atoms with E-state index in [4.69, 9.17) is 0 Å². The zero-order valence-electron chi connectivity index (χ0n) is 14.6. The number of nitrogens with one attached hydrogen (secondary N) is 1. The highest BCUT2D eigenvalue weighted by atomic mass is 32.2. The van der Waals surface area contributed by atoms with Crippen LogP contribution in [0.15, 0.2) is 53.5 Å². The van der Waals surface area contributed by atoms with Gasteiger partial charge in [0.25, 0.3) is 0 Å². The molecule has 0 saturated carbocycles. The molecule has 3 nitrogen and oxygen atoms in total. The van der Waals surface area contributed by atoms with E-state index >= 15 is 0 Å². The molecule has 0 spiro atoms. The Balaban J connectivity index is 1.66. The summed E-state index contributed by atoms with van der Waals surface area (Å²) >= 11 is 1.74. The van der Waals surface area contributed by atoms with Crippen molar-refractivity contribution >= 4 is 34.5 Å². The molecule has 0 atom stereocenters. The van der Waals surface area contributed by atoms with Gasteiger partial charge in [0.2, 0.25) is 0 Å². The van der Waals surface area contributed by atoms with Gasteiger partial charge in [-0.3, -0.25) is 9.79 Å². The standard InChI is InChI=1S/C21H22N2OS/c1-15-4-5-17(16(2)14-15)8-11-20(24)18-6-9-19(10-7-18)23-21-22-12-3-13-25-21/h4-11,14H,3,12-13H2,1-2H3,(H,22,23). The SMILES string of the molecule is Cc1ccc(C=CC(=O)c2ccc(NC3=NCCCS3)cc2)c(C)c1. The van der Waals surface area contributed by atoms with Crippen LogP contribution in [0.2, 0.25) is 0 Å². The molecule has 3 rings (SSSR count). The minimum Gasteiger partial charge on any atom is -0.335 e. The van der Waals surface area contributed by atoms with Crippen molar-refractivity contribution in [2.75, 3.05) is 17.6 Å². The number of allylic oxidation sites excluding steroid dienone is 1. The van der Waals surface area contributed by atoms with Crippen molar-refractivity contribution in [3.05, 3.63) is 70.8 Å². The molecule has 1 heterocycles. The van der Waals surface area contributed by atoms with E-state index in [1.165, 1.54) is 11.1 Å². The second kappa shape index (κ2) is 8.17. The highest BCUT2D eigenvalue weighted by Gasteiger charge is 2.07. The Morgan fingerprint density at radius 3 is 2.64 bits per heavy atom. The Morgan fingerprint density at radius 2 is 1.96 bits per heavy atom. The van der Waals surface area contributed by atoms with Crippen molar-refractivity contribution < 1.29 is 4.79 Å². The van der Waals surface area contributed by atoms with Crippen LogP contribution in [0.25, 0.3) is 6.08 Å². The van der Waals surface area contributed by atoms with Crippen LogP contribution in [0.5, 0.6) is 0 Å². The highest BCUT2D eigenvalue weighted by molar-refractivity contribution is 8.14. The van der Waals surface area contributed by atoms with Gasteiger partial charge in [-0.15, -0.1) is 0 Å². The summed E-state index contributed by atoms with van der Waals surface area (Å²) < 4.78 is 0. The van der Waals surface area contributed by atoms with Crippen molar-refractivity contribution in [2.45, 2.75) is 20.3 Å². The van der Waals surface area contributed by atoms with E-state index in [-0.39, 0.29) is 5.78 Å². The molecule has 0 amide bonds. The minimum absolute atomic E-state index is 0.0101. The first-order chi connectivity index (χ1) is 12.1. The summed E-state index contributed by atoms with van der Waals surface area (Å²) in [5.74, 6) is 1.11. The first-order valence-electron chi connectivity index (χ1n) is 8.46. The van der Waals surface area contributed by atoms with Crippen LogP contribution < -0.4 is 5.32 Å². The number of carbonyl (C=O) groups excluding carboxylic acids is 1. The van der Waals surface area contributed by atoms with E-state index in [0.29, 0.717) is 5.56 Å². The molecule has 1 aliphatic rings. The van der Waals surface area contributed by atoms with Crippen molar-refractivity contribution in [3.8, 4) is 0 Å². The normalized spacial score (nSPS) is 14.4. The lowest BCUT2D eigenvalue weighted by Crippen LogP contribution is -2.13. The van der Waals surface area contributed by atoms with Gasteiger partial charge in [0.15, 0.2) is 11.0 Å². The van der Waals surface area contributed by atoms with Gasteiger partial charge in [-0.2, -0.15) is 0 Å². The summed E-state index contributed by atoms with van der Waals surface area (Å²) in [5, 5.41) is 4.26. The number of nitrogens with zero attached hydrogens (tertiary/aromatic N) is 1. The van der Waals surface area contributed by atoms with Crippen LogP contribution in [0, 0.1) is 13.8 Å². The molecule has 0 saturated heterocycles. The smallest absolute Gasteiger partial charge is 0.185 e. The second-order valence-corrected chi connectivity index (χ2v) is 7.23. The maximum absolute atomic E-state index is 12.4. The van der Waals surface area contributed by atoms with Crippen molar-refractivity contribution in [3.63, 3.8) is 0 Å². The molecule has 0 radical (unpaired) electrons. The third kappa shape index (κ3) is 4.83. The maximum Gasteiger partial charge on any atom is 0.185 e. The fourth-order valence-electron chi connectivity index (χ4n) is 2.65. The molecule has 1 aliphatic heterocycles. The molecule has 0 unspecified atom stereocenters. The van der Waals surface area contributed by atoms with E-state index < -0.39 is 0 Å². The summed E-state index contributed by atoms with van der Waals surface area (Å²) in [7, 11) is 0. The predicted molar refractivity (Wildman–Crippen MR) is 109 cm³/mol. The maximum atomic E-state index is 12.4. The number of hydrogen-bond acceptors (Lipinski definition) is 4. The van der Waals surface area contributed by atoms with Crippen molar-refractivity contribution in [1.29, 1.82) is 0 Å². The van der Waals surface area contributed by atoms with Gasteiger partial charge in [0, 0.05) is 23.5 Å². The molecule has 0 fully saturated rings. The molecule has 25 heavy (non-hydrogen) atoms. The first kappa shape index (κ1) is 17.5. The third-order valence-corrected chi connectivity index (χ3v) is 5.05. The second-order valence-electron chi connectivity index (χ2n) is 6.15. The van der Waals surface area contributed by atoms with Crippen molar-refractivity contribution in [1.82, 2.24) is 0 Å². The van der Waals surface area contributed by atoms with Gasteiger partial charge in [-0.25, -0.2) is 0 Å². The van der Waals surface area contributed by atoms with Gasteiger partial charge < -0.3 is 5.32 Å². The summed E-state index contributed by atoms with van der Waals surface area (Å²) in [4.78, 5) is 16.8. The highest BCUT2D eigenvalue weighted by Crippen LogP contribution is 2.18. The van der Waals surface area contributed by atoms with E-state index in [9.17, 15) is 4.79 Å². The summed E-state index contributed by atoms with van der Waals surface area (Å²) in [5.41, 5.74) is 5.12. The predicted octanol–water partition coefficient (Wildman–Crippen LogP) is 5.10. The van der Waals surface area contributed by atoms with Crippen LogP contribution in [0.4, 0.5) is 5.69 Å². The molecule has 1 N–H and O–H groups in total. The van der Waals surface area contributed by atoms with Gasteiger partial charge in [0.1, 0.15) is 0 Å². The van der Waals surface area contributed by atoms with Crippen LogP contribution >= 0.6 is 11.8 Å². The number of rotatable bonds is 4. The third-order valence-electron chi connectivity index (χ3n) is 4.06. The summed E-state index contributed by atoms with van der Waals surface area (Å²) in [6.07, 6.45) is 4.66. The monoisotopic (exact) mass is 350 g/mol. The molecule has 4 heteroatoms. The molecule has 0 aliphatic carbocycles. The number of hydrogen-bond donors (Lipinski definition) is 1. The number of anilines is 1. The topological polar surface area (TPSA) is 41.5 Å². The number of carbonyl (C=O) groups is 1. The molecular weight excluding hydrogens is 328 g/mol. The molecule has 128 valence electrons. The van der Waals surface area contributed by atoms with Crippen LogP contribution in [-0.4, -0.2) is 23.2 Å². The largest absolute Gasteiger partial charge is 0.335 e. The first-order valence-corrected chi connectivity index (χ1v) is 9.44. The zero-order chi connectivity index (χ0) is 17.6. The van der Waals surface area contributed by atoms with Crippen LogP contribution in [0.3, 0.4) is 0 Å². The summed E-state index contributed by atoms with van der Waals surface area (Å²) in [6.45, 7) is 5.01. The lowest BCUT2D eigenvalue weighted by atomic mass is 10.0. The molecular formula is C21H22N2OS. The van der Waals surface area contributed by atoms with Gasteiger partial charge in [-0.1, -0.05) is 41.6 Å².